The minimum absolute atomic E-state index is 0.0716. The van der Waals surface area contributed by atoms with E-state index in [0.29, 0.717) is 35.8 Å². The molecule has 1 aliphatic carbocycles. The van der Waals surface area contributed by atoms with Crippen LogP contribution >= 0.6 is 0 Å². The number of carbonyl (C=O) groups is 2. The lowest BCUT2D eigenvalue weighted by molar-refractivity contribution is -0.142. The van der Waals surface area contributed by atoms with Crippen molar-refractivity contribution in [3.63, 3.8) is 0 Å². The van der Waals surface area contributed by atoms with Crippen molar-refractivity contribution in [2.45, 2.75) is 51.4 Å². The van der Waals surface area contributed by atoms with Crippen LogP contribution in [0.2, 0.25) is 0 Å². The second-order valence-electron chi connectivity index (χ2n) is 10.2. The number of aromatic nitrogens is 3. The summed E-state index contributed by atoms with van der Waals surface area (Å²) in [7, 11) is 1.47. The Hall–Kier alpha value is -3.75. The highest BCUT2D eigenvalue weighted by Crippen LogP contribution is 2.47. The molecule has 1 saturated carbocycles. The third kappa shape index (κ3) is 6.15. The van der Waals surface area contributed by atoms with Gasteiger partial charge in [0.2, 0.25) is 5.89 Å². The molecule has 2 aliphatic rings. The fourth-order valence-corrected chi connectivity index (χ4v) is 5.54. The molecule has 1 amide bonds. The van der Waals surface area contributed by atoms with Gasteiger partial charge in [-0.1, -0.05) is 30.3 Å². The number of benzene rings is 1. The standard InChI is InChI=1S/C28H33N5O4/c1-36-25(34)18-21-9-11-28(12-10-21)13-15-33(16-14-28)23-8-7-22(19-29-23)30-26(35)27-32-31-24(37-27)17-20-5-3-2-4-6-20/h2-8,19,21H,9-18H2,1H3,(H,30,35). The molecular formula is C28H33N5O4. The molecule has 1 saturated heterocycles. The van der Waals surface area contributed by atoms with Crippen molar-refractivity contribution in [1.82, 2.24) is 15.2 Å². The van der Waals surface area contributed by atoms with Crippen molar-refractivity contribution in [2.75, 3.05) is 30.4 Å². The zero-order valence-corrected chi connectivity index (χ0v) is 21.2. The van der Waals surface area contributed by atoms with Gasteiger partial charge in [-0.3, -0.25) is 9.59 Å². The van der Waals surface area contributed by atoms with E-state index in [4.69, 9.17) is 9.15 Å². The molecule has 1 spiro atoms. The molecule has 1 aromatic carbocycles. The molecule has 0 atom stereocenters. The molecule has 9 nitrogen and oxygen atoms in total. The highest BCUT2D eigenvalue weighted by atomic mass is 16.5. The maximum atomic E-state index is 12.6. The average molecular weight is 504 g/mol. The van der Waals surface area contributed by atoms with Crippen molar-refractivity contribution in [2.24, 2.45) is 11.3 Å². The van der Waals surface area contributed by atoms with E-state index in [2.05, 4.69) is 25.4 Å². The summed E-state index contributed by atoms with van der Waals surface area (Å²) in [5, 5.41) is 10.7. The number of rotatable bonds is 7. The fraction of sp³-hybridized carbons (Fsp3) is 0.464. The van der Waals surface area contributed by atoms with Gasteiger partial charge in [-0.05, 0) is 67.6 Å². The number of piperidine rings is 1. The van der Waals surface area contributed by atoms with Crippen LogP contribution in [0, 0.1) is 11.3 Å². The van der Waals surface area contributed by atoms with Crippen LogP contribution in [-0.4, -0.2) is 47.3 Å². The molecule has 2 aromatic heterocycles. The summed E-state index contributed by atoms with van der Waals surface area (Å²) < 4.78 is 10.4. The normalized spacial score (nSPS) is 17.5. The SMILES string of the molecule is COC(=O)CC1CCC2(CC1)CCN(c1ccc(NC(=O)c3nnc(Cc4ccccc4)o3)cn1)CC2. The number of ether oxygens (including phenoxy) is 1. The lowest BCUT2D eigenvalue weighted by Crippen LogP contribution is -2.42. The van der Waals surface area contributed by atoms with Gasteiger partial charge in [0.05, 0.1) is 25.4 Å². The van der Waals surface area contributed by atoms with Crippen molar-refractivity contribution in [3.8, 4) is 0 Å². The highest BCUT2D eigenvalue weighted by molar-refractivity contribution is 6.00. The van der Waals surface area contributed by atoms with Crippen LogP contribution in [-0.2, 0) is 16.0 Å². The maximum Gasteiger partial charge on any atom is 0.313 e. The van der Waals surface area contributed by atoms with Gasteiger partial charge in [0.1, 0.15) is 5.82 Å². The molecule has 3 aromatic rings. The molecular weight excluding hydrogens is 470 g/mol. The Morgan fingerprint density at radius 2 is 1.81 bits per heavy atom. The molecule has 37 heavy (non-hydrogen) atoms. The van der Waals surface area contributed by atoms with Crippen LogP contribution in [0.4, 0.5) is 11.5 Å². The Kier molecular flexibility index (Phi) is 7.48. The number of nitrogens with zero attached hydrogens (tertiary/aromatic N) is 4. The number of hydrogen-bond acceptors (Lipinski definition) is 8. The van der Waals surface area contributed by atoms with Crippen LogP contribution in [0.3, 0.4) is 0 Å². The van der Waals surface area contributed by atoms with Crippen molar-refractivity contribution < 1.29 is 18.7 Å². The first kappa shape index (κ1) is 24.9. The summed E-state index contributed by atoms with van der Waals surface area (Å²) in [6.07, 6.45) is 9.55. The summed E-state index contributed by atoms with van der Waals surface area (Å²) >= 11 is 0. The van der Waals surface area contributed by atoms with Gasteiger partial charge in [0.25, 0.3) is 0 Å². The van der Waals surface area contributed by atoms with Crippen LogP contribution in [0.5, 0.6) is 0 Å². The lowest BCUT2D eigenvalue weighted by Gasteiger charge is -2.46. The fourth-order valence-electron chi connectivity index (χ4n) is 5.54. The zero-order valence-electron chi connectivity index (χ0n) is 21.2. The number of carbonyl (C=O) groups excluding carboxylic acids is 2. The number of anilines is 2. The molecule has 194 valence electrons. The van der Waals surface area contributed by atoms with Gasteiger partial charge in [-0.25, -0.2) is 4.98 Å². The zero-order chi connectivity index (χ0) is 25.7. The van der Waals surface area contributed by atoms with E-state index in [9.17, 15) is 9.59 Å². The summed E-state index contributed by atoms with van der Waals surface area (Å²) in [6.45, 7) is 1.93. The maximum absolute atomic E-state index is 12.6. The van der Waals surface area contributed by atoms with E-state index in [1.54, 1.807) is 6.20 Å². The molecule has 1 aliphatic heterocycles. The number of methoxy groups -OCH3 is 1. The number of nitrogens with one attached hydrogen (secondary N) is 1. The van der Waals surface area contributed by atoms with Gasteiger partial charge in [0, 0.05) is 19.5 Å². The van der Waals surface area contributed by atoms with Crippen molar-refractivity contribution in [3.05, 3.63) is 66.0 Å². The van der Waals surface area contributed by atoms with Crippen molar-refractivity contribution >= 4 is 23.4 Å². The minimum Gasteiger partial charge on any atom is -0.469 e. The first-order valence-corrected chi connectivity index (χ1v) is 13.0. The minimum atomic E-state index is -0.455. The van der Waals surface area contributed by atoms with Crippen LogP contribution in [0.25, 0.3) is 0 Å². The van der Waals surface area contributed by atoms with Gasteiger partial charge < -0.3 is 19.4 Å². The number of hydrogen-bond donors (Lipinski definition) is 1. The highest BCUT2D eigenvalue weighted by Gasteiger charge is 2.38. The Balaban J connectivity index is 1.10. The largest absolute Gasteiger partial charge is 0.469 e. The predicted octanol–water partition coefficient (Wildman–Crippen LogP) is 4.65. The summed E-state index contributed by atoms with van der Waals surface area (Å²) in [5.41, 5.74) is 2.00. The number of amides is 1. The van der Waals surface area contributed by atoms with E-state index >= 15 is 0 Å². The van der Waals surface area contributed by atoms with Gasteiger partial charge in [0.15, 0.2) is 0 Å². The Labute approximate surface area is 216 Å². The van der Waals surface area contributed by atoms with Crippen LogP contribution in [0.1, 0.15) is 67.1 Å². The average Bonchev–Trinajstić information content (AvgIpc) is 3.40. The smallest absolute Gasteiger partial charge is 0.313 e. The quantitative estimate of drug-likeness (QED) is 0.464. The van der Waals surface area contributed by atoms with Crippen molar-refractivity contribution in [1.29, 1.82) is 0 Å². The number of esters is 1. The molecule has 9 heteroatoms. The predicted molar refractivity (Wildman–Crippen MR) is 138 cm³/mol. The van der Waals surface area contributed by atoms with Gasteiger partial charge in [-0.2, -0.15) is 0 Å². The van der Waals surface area contributed by atoms with Gasteiger partial charge in [-0.15, -0.1) is 10.2 Å². The van der Waals surface area contributed by atoms with E-state index < -0.39 is 5.91 Å². The van der Waals surface area contributed by atoms with E-state index in [0.717, 1.165) is 50.2 Å². The molecule has 3 heterocycles. The Morgan fingerprint density at radius 1 is 1.05 bits per heavy atom. The first-order valence-electron chi connectivity index (χ1n) is 13.0. The van der Waals surface area contributed by atoms with Crippen LogP contribution < -0.4 is 10.2 Å². The first-order chi connectivity index (χ1) is 18.0. The third-order valence-corrected chi connectivity index (χ3v) is 7.86. The van der Waals surface area contributed by atoms with E-state index in [1.165, 1.54) is 20.0 Å². The Bertz CT molecular complexity index is 1190. The Morgan fingerprint density at radius 3 is 2.49 bits per heavy atom. The van der Waals surface area contributed by atoms with Gasteiger partial charge >= 0.3 is 17.8 Å². The lowest BCUT2D eigenvalue weighted by atomic mass is 9.65. The summed E-state index contributed by atoms with van der Waals surface area (Å²) in [5.74, 6) is 1.15. The third-order valence-electron chi connectivity index (χ3n) is 7.86. The summed E-state index contributed by atoms with van der Waals surface area (Å²) in [4.78, 5) is 31.1. The molecule has 0 unspecified atom stereocenters. The van der Waals surface area contributed by atoms with Crippen LogP contribution in [0.15, 0.2) is 53.1 Å². The monoisotopic (exact) mass is 503 g/mol. The number of pyridine rings is 1. The summed E-state index contributed by atoms with van der Waals surface area (Å²) in [6, 6.07) is 13.6. The van der Waals surface area contributed by atoms with E-state index in [-0.39, 0.29) is 11.9 Å². The molecule has 0 radical (unpaired) electrons. The second-order valence-corrected chi connectivity index (χ2v) is 10.2. The topological polar surface area (TPSA) is 110 Å². The molecule has 5 rings (SSSR count). The molecule has 1 N–H and O–H groups in total. The van der Waals surface area contributed by atoms with E-state index in [1.807, 2.05) is 42.5 Å². The molecule has 2 fully saturated rings. The second kappa shape index (κ2) is 11.1. The molecule has 0 bridgehead atoms.